The normalized spacial score (nSPS) is 15.5. The highest BCUT2D eigenvalue weighted by atomic mass is 19.4. The number of H-pyrrole nitrogens is 1. The number of aromatic nitrogens is 5. The molecule has 1 saturated heterocycles. The molecule has 4 heterocycles. The fraction of sp³-hybridized carbons (Fsp3) is 0.455. The fourth-order valence-corrected chi connectivity index (χ4v) is 3.92. The lowest BCUT2D eigenvalue weighted by molar-refractivity contribution is -0.138. The van der Waals surface area contributed by atoms with Crippen LogP contribution < -0.4 is 15.8 Å². The molecule has 4 rings (SSSR count). The summed E-state index contributed by atoms with van der Waals surface area (Å²) in [6.07, 6.45) is -0.764. The zero-order valence-corrected chi connectivity index (χ0v) is 19.2. The minimum atomic E-state index is -4.83. The van der Waals surface area contributed by atoms with Gasteiger partial charge in [0.2, 0.25) is 0 Å². The van der Waals surface area contributed by atoms with Crippen molar-refractivity contribution in [1.82, 2.24) is 25.3 Å². The Morgan fingerprint density at radius 3 is 2.78 bits per heavy atom. The molecule has 3 aromatic heterocycles. The number of rotatable bonds is 8. The topological polar surface area (TPSA) is 146 Å². The van der Waals surface area contributed by atoms with E-state index >= 15 is 0 Å². The van der Waals surface area contributed by atoms with Crippen LogP contribution in [0.1, 0.15) is 48.5 Å². The van der Waals surface area contributed by atoms with E-state index in [0.717, 1.165) is 37.9 Å². The third-order valence-electron chi connectivity index (χ3n) is 5.68. The Kier molecular flexibility index (Phi) is 7.49. The lowest BCUT2D eigenvalue weighted by atomic mass is 9.96. The Balaban J connectivity index is 1.25. The number of pyridine rings is 1. The van der Waals surface area contributed by atoms with Crippen LogP contribution in [0.2, 0.25) is 0 Å². The fourth-order valence-electron chi connectivity index (χ4n) is 3.92. The van der Waals surface area contributed by atoms with Gasteiger partial charge in [0.05, 0.1) is 24.1 Å². The molecule has 190 valence electrons. The van der Waals surface area contributed by atoms with Crippen LogP contribution in [0.25, 0.3) is 0 Å². The lowest BCUT2D eigenvalue weighted by Gasteiger charge is -2.31. The first-order valence-electron chi connectivity index (χ1n) is 11.2. The molecule has 0 aromatic carbocycles. The van der Waals surface area contributed by atoms with Crippen LogP contribution in [-0.4, -0.2) is 51.1 Å². The first kappa shape index (κ1) is 25.1. The molecule has 36 heavy (non-hydrogen) atoms. The molecule has 14 heteroatoms. The van der Waals surface area contributed by atoms with Crippen molar-refractivity contribution in [2.75, 3.05) is 29.9 Å². The van der Waals surface area contributed by atoms with Crippen molar-refractivity contribution in [2.45, 2.75) is 44.5 Å². The summed E-state index contributed by atoms with van der Waals surface area (Å²) in [5, 5.41) is 20.8. The summed E-state index contributed by atoms with van der Waals surface area (Å²) < 4.78 is 50.3. The van der Waals surface area contributed by atoms with E-state index in [1.807, 2.05) is 6.07 Å². The predicted molar refractivity (Wildman–Crippen MR) is 120 cm³/mol. The van der Waals surface area contributed by atoms with Gasteiger partial charge < -0.3 is 19.5 Å². The highest BCUT2D eigenvalue weighted by molar-refractivity contribution is 5.50. The van der Waals surface area contributed by atoms with E-state index in [4.69, 9.17) is 14.5 Å². The average Bonchev–Trinajstić information content (AvgIpc) is 3.32. The number of alkyl halides is 3. The number of ether oxygens (including phenoxy) is 1. The van der Waals surface area contributed by atoms with Crippen LogP contribution in [0.15, 0.2) is 33.8 Å². The number of aromatic amines is 1. The predicted octanol–water partition coefficient (Wildman–Crippen LogP) is 2.84. The smallest absolute Gasteiger partial charge is 0.378 e. The Labute approximate surface area is 203 Å². The van der Waals surface area contributed by atoms with Gasteiger partial charge in [-0.2, -0.15) is 28.5 Å². The Bertz CT molecular complexity index is 1260. The van der Waals surface area contributed by atoms with E-state index < -0.39 is 29.0 Å². The first-order valence-corrected chi connectivity index (χ1v) is 11.2. The van der Waals surface area contributed by atoms with Crippen LogP contribution in [0.5, 0.6) is 0 Å². The van der Waals surface area contributed by atoms with Gasteiger partial charge in [0, 0.05) is 31.2 Å². The Morgan fingerprint density at radius 1 is 1.33 bits per heavy atom. The zero-order chi connectivity index (χ0) is 25.7. The second kappa shape index (κ2) is 10.7. The maximum atomic E-state index is 13.2. The van der Waals surface area contributed by atoms with Gasteiger partial charge in [-0.25, -0.2) is 10.1 Å². The molecule has 11 nitrogen and oxygen atoms in total. The summed E-state index contributed by atoms with van der Waals surface area (Å²) >= 11 is 0. The first-order chi connectivity index (χ1) is 17.2. The SMILES string of the molecule is CC(COCc1nc(C2CCN(c3ccc(C#N)cn3)CC2)no1)Nc1cn[nH]c(=O)c1C(F)(F)F. The van der Waals surface area contributed by atoms with E-state index in [0.29, 0.717) is 11.4 Å². The maximum Gasteiger partial charge on any atom is 0.423 e. The van der Waals surface area contributed by atoms with Crippen LogP contribution >= 0.6 is 0 Å². The lowest BCUT2D eigenvalue weighted by Crippen LogP contribution is -2.33. The van der Waals surface area contributed by atoms with Gasteiger partial charge in [0.15, 0.2) is 5.82 Å². The highest BCUT2D eigenvalue weighted by Gasteiger charge is 2.37. The molecule has 1 fully saturated rings. The highest BCUT2D eigenvalue weighted by Crippen LogP contribution is 2.32. The summed E-state index contributed by atoms with van der Waals surface area (Å²) in [6.45, 7) is 3.14. The molecule has 1 aliphatic heterocycles. The van der Waals surface area contributed by atoms with Crippen molar-refractivity contribution in [2.24, 2.45) is 0 Å². The molecule has 0 bridgehead atoms. The van der Waals surface area contributed by atoms with Crippen molar-refractivity contribution in [3.63, 3.8) is 0 Å². The quantitative estimate of drug-likeness (QED) is 0.469. The van der Waals surface area contributed by atoms with Gasteiger partial charge >= 0.3 is 6.18 Å². The molecule has 0 radical (unpaired) electrons. The van der Waals surface area contributed by atoms with Crippen molar-refractivity contribution in [1.29, 1.82) is 5.26 Å². The van der Waals surface area contributed by atoms with Gasteiger partial charge in [-0.3, -0.25) is 4.79 Å². The number of nitrogens with one attached hydrogen (secondary N) is 2. The average molecular weight is 504 g/mol. The minimum Gasteiger partial charge on any atom is -0.378 e. The van der Waals surface area contributed by atoms with E-state index in [1.54, 1.807) is 24.3 Å². The molecule has 1 atom stereocenters. The molecule has 0 spiro atoms. The molecule has 0 amide bonds. The Hall–Kier alpha value is -3.99. The summed E-state index contributed by atoms with van der Waals surface area (Å²) in [4.78, 5) is 22.4. The van der Waals surface area contributed by atoms with Gasteiger partial charge in [-0.15, -0.1) is 0 Å². The molecule has 0 aliphatic carbocycles. The van der Waals surface area contributed by atoms with Crippen molar-refractivity contribution >= 4 is 11.5 Å². The molecular weight excluding hydrogens is 481 g/mol. The molecular formula is C22H23F3N8O3. The molecule has 0 saturated carbocycles. The molecule has 3 aromatic rings. The molecule has 1 unspecified atom stereocenters. The standard InChI is InChI=1S/C22H23F3N8O3/c1-13(29-16-10-28-31-21(34)19(16)22(23,24)25)11-35-12-18-30-20(32-36-18)15-4-6-33(7-5-15)17-3-2-14(8-26)9-27-17/h2-3,9-10,13,15H,4-7,11-12H2,1H3,(H2,29,31,34). The van der Waals surface area contributed by atoms with E-state index in [9.17, 15) is 18.0 Å². The Morgan fingerprint density at radius 2 is 2.11 bits per heavy atom. The zero-order valence-electron chi connectivity index (χ0n) is 19.2. The van der Waals surface area contributed by atoms with Crippen LogP contribution in [0, 0.1) is 11.3 Å². The minimum absolute atomic E-state index is 0.00717. The van der Waals surface area contributed by atoms with Gasteiger partial charge in [-0.1, -0.05) is 5.16 Å². The van der Waals surface area contributed by atoms with E-state index in [1.165, 1.54) is 0 Å². The summed E-state index contributed by atoms with van der Waals surface area (Å²) in [5.74, 6) is 1.77. The largest absolute Gasteiger partial charge is 0.423 e. The number of hydrogen-bond acceptors (Lipinski definition) is 10. The number of nitriles is 1. The summed E-state index contributed by atoms with van der Waals surface area (Å²) in [6, 6.07) is 5.06. The number of nitrogens with zero attached hydrogens (tertiary/aromatic N) is 6. The number of hydrogen-bond donors (Lipinski definition) is 2. The van der Waals surface area contributed by atoms with Crippen LogP contribution in [0.4, 0.5) is 24.7 Å². The van der Waals surface area contributed by atoms with Gasteiger partial charge in [0.25, 0.3) is 11.4 Å². The number of anilines is 2. The molecule has 2 N–H and O–H groups in total. The third-order valence-corrected chi connectivity index (χ3v) is 5.68. The van der Waals surface area contributed by atoms with Gasteiger partial charge in [0.1, 0.15) is 24.1 Å². The summed E-state index contributed by atoms with van der Waals surface area (Å²) in [7, 11) is 0. The second-order valence-electron chi connectivity index (χ2n) is 8.37. The second-order valence-corrected chi connectivity index (χ2v) is 8.37. The third kappa shape index (κ3) is 5.98. The van der Waals surface area contributed by atoms with Crippen molar-refractivity contribution in [3.05, 3.63) is 57.7 Å². The maximum absolute atomic E-state index is 13.2. The van der Waals surface area contributed by atoms with Crippen LogP contribution in [-0.2, 0) is 17.5 Å². The number of halogens is 3. The monoisotopic (exact) mass is 504 g/mol. The van der Waals surface area contributed by atoms with Crippen LogP contribution in [0.3, 0.4) is 0 Å². The molecule has 1 aliphatic rings. The number of piperidine rings is 1. The van der Waals surface area contributed by atoms with E-state index in [2.05, 4.69) is 36.5 Å². The van der Waals surface area contributed by atoms with Crippen molar-refractivity contribution in [3.8, 4) is 6.07 Å². The summed E-state index contributed by atoms with van der Waals surface area (Å²) in [5.41, 5.74) is -2.58. The van der Waals surface area contributed by atoms with Crippen molar-refractivity contribution < 1.29 is 22.4 Å². The van der Waals surface area contributed by atoms with E-state index in [-0.39, 0.29) is 25.0 Å². The van der Waals surface area contributed by atoms with Gasteiger partial charge in [-0.05, 0) is 31.9 Å².